The van der Waals surface area contributed by atoms with Gasteiger partial charge in [-0.2, -0.15) is 0 Å². The fourth-order valence-electron chi connectivity index (χ4n) is 1.33. The summed E-state index contributed by atoms with van der Waals surface area (Å²) in [5.41, 5.74) is 1.98. The fraction of sp³-hybridized carbons (Fsp3) is 0.385. The van der Waals surface area contributed by atoms with Gasteiger partial charge in [-0.25, -0.2) is 0 Å². The maximum Gasteiger partial charge on any atom is 0.122 e. The van der Waals surface area contributed by atoms with Crippen molar-refractivity contribution in [3.8, 4) is 5.75 Å². The number of allylic oxidation sites excluding steroid dienone is 1. The molecule has 1 N–H and O–H groups in total. The molecule has 1 rings (SSSR count). The van der Waals surface area contributed by atoms with Crippen LogP contribution < -0.4 is 4.74 Å². The van der Waals surface area contributed by atoms with Crippen LogP contribution in [0.15, 0.2) is 30.4 Å². The maximum atomic E-state index is 9.40. The molecule has 2 heteroatoms. The molecule has 0 bridgehead atoms. The number of benzene rings is 1. The normalized spacial score (nSPS) is 13.1. The Morgan fingerprint density at radius 3 is 2.73 bits per heavy atom. The highest BCUT2D eigenvalue weighted by molar-refractivity contribution is 5.37. The monoisotopic (exact) mass is 206 g/mol. The van der Waals surface area contributed by atoms with Crippen molar-refractivity contribution in [3.63, 3.8) is 0 Å². The van der Waals surface area contributed by atoms with Gasteiger partial charge in [0.05, 0.1) is 6.10 Å². The van der Waals surface area contributed by atoms with Crippen molar-refractivity contribution in [2.24, 2.45) is 0 Å². The van der Waals surface area contributed by atoms with Crippen molar-refractivity contribution in [2.45, 2.75) is 26.9 Å². The molecule has 82 valence electrons. The second-order valence-electron chi connectivity index (χ2n) is 3.58. The Morgan fingerprint density at radius 1 is 1.47 bits per heavy atom. The molecule has 2 nitrogen and oxygen atoms in total. The zero-order chi connectivity index (χ0) is 11.3. The molecule has 0 fully saturated rings. The van der Waals surface area contributed by atoms with Gasteiger partial charge in [0.2, 0.25) is 0 Å². The van der Waals surface area contributed by atoms with Crippen LogP contribution in [0.3, 0.4) is 0 Å². The van der Waals surface area contributed by atoms with Crippen LogP contribution in [0.2, 0.25) is 0 Å². The van der Waals surface area contributed by atoms with E-state index < -0.39 is 6.10 Å². The number of hydrogen-bond acceptors (Lipinski definition) is 2. The number of aryl methyl sites for hydroxylation is 1. The smallest absolute Gasteiger partial charge is 0.122 e. The zero-order valence-electron chi connectivity index (χ0n) is 9.53. The summed E-state index contributed by atoms with van der Waals surface area (Å²) in [6, 6.07) is 5.75. The Balaban J connectivity index is 2.74. The summed E-state index contributed by atoms with van der Waals surface area (Å²) in [6.07, 6.45) is 3.50. The lowest BCUT2D eigenvalue weighted by Gasteiger charge is -2.10. The SMILES string of the molecule is C/C=C/COc1ccc([C@H](C)O)cc1C. The van der Waals surface area contributed by atoms with Crippen molar-refractivity contribution in [2.75, 3.05) is 6.61 Å². The first kappa shape index (κ1) is 11.8. The molecule has 0 unspecified atom stereocenters. The predicted octanol–water partition coefficient (Wildman–Crippen LogP) is 3.00. The van der Waals surface area contributed by atoms with E-state index in [0.29, 0.717) is 6.61 Å². The van der Waals surface area contributed by atoms with E-state index in [2.05, 4.69) is 0 Å². The van der Waals surface area contributed by atoms with E-state index in [9.17, 15) is 5.11 Å². The van der Waals surface area contributed by atoms with Crippen LogP contribution in [0, 0.1) is 6.92 Å². The molecule has 0 aliphatic carbocycles. The van der Waals surface area contributed by atoms with E-state index in [1.54, 1.807) is 6.92 Å². The molecule has 0 aliphatic rings. The third-order valence-electron chi connectivity index (χ3n) is 2.25. The predicted molar refractivity (Wildman–Crippen MR) is 62.1 cm³/mol. The van der Waals surface area contributed by atoms with Gasteiger partial charge in [-0.15, -0.1) is 0 Å². The Bertz CT molecular complexity index is 340. The molecule has 1 aromatic carbocycles. The average Bonchev–Trinajstić information content (AvgIpc) is 2.20. The first-order valence-electron chi connectivity index (χ1n) is 5.17. The number of ether oxygens (including phenoxy) is 1. The van der Waals surface area contributed by atoms with Gasteiger partial charge >= 0.3 is 0 Å². The third-order valence-corrected chi connectivity index (χ3v) is 2.25. The number of aliphatic hydroxyl groups is 1. The molecule has 1 aromatic rings. The minimum atomic E-state index is -0.423. The topological polar surface area (TPSA) is 29.5 Å². The van der Waals surface area contributed by atoms with Crippen LogP contribution in [0.5, 0.6) is 5.75 Å². The quantitative estimate of drug-likeness (QED) is 0.767. The second-order valence-corrected chi connectivity index (χ2v) is 3.58. The summed E-state index contributed by atoms with van der Waals surface area (Å²) < 4.78 is 5.54. The summed E-state index contributed by atoms with van der Waals surface area (Å²) in [5.74, 6) is 0.873. The van der Waals surface area contributed by atoms with Crippen molar-refractivity contribution >= 4 is 0 Å². The van der Waals surface area contributed by atoms with Crippen molar-refractivity contribution in [3.05, 3.63) is 41.5 Å². The fourth-order valence-corrected chi connectivity index (χ4v) is 1.33. The molecule has 0 heterocycles. The lowest BCUT2D eigenvalue weighted by molar-refractivity contribution is 0.199. The summed E-state index contributed by atoms with van der Waals surface area (Å²) in [4.78, 5) is 0. The first-order valence-corrected chi connectivity index (χ1v) is 5.17. The van der Waals surface area contributed by atoms with E-state index >= 15 is 0 Å². The molecule has 0 saturated carbocycles. The Kier molecular flexibility index (Phi) is 4.37. The zero-order valence-corrected chi connectivity index (χ0v) is 9.53. The molecular formula is C13H18O2. The van der Waals surface area contributed by atoms with Gasteiger partial charge in [0.1, 0.15) is 12.4 Å². The number of aliphatic hydroxyl groups excluding tert-OH is 1. The van der Waals surface area contributed by atoms with Crippen molar-refractivity contribution in [1.82, 2.24) is 0 Å². The molecular weight excluding hydrogens is 188 g/mol. The minimum Gasteiger partial charge on any atom is -0.489 e. The highest BCUT2D eigenvalue weighted by Crippen LogP contribution is 2.22. The summed E-state index contributed by atoms with van der Waals surface area (Å²) in [6.45, 7) is 6.30. The Morgan fingerprint density at radius 2 is 2.20 bits per heavy atom. The van der Waals surface area contributed by atoms with Crippen LogP contribution in [0.25, 0.3) is 0 Å². The molecule has 0 saturated heterocycles. The minimum absolute atomic E-state index is 0.423. The Labute approximate surface area is 91.2 Å². The van der Waals surface area contributed by atoms with Gasteiger partial charge < -0.3 is 9.84 Å². The number of rotatable bonds is 4. The Hall–Kier alpha value is -1.28. The van der Waals surface area contributed by atoms with Crippen LogP contribution in [0.4, 0.5) is 0 Å². The van der Waals surface area contributed by atoms with Crippen LogP contribution >= 0.6 is 0 Å². The maximum absolute atomic E-state index is 9.40. The van der Waals surface area contributed by atoms with E-state index in [0.717, 1.165) is 16.9 Å². The molecule has 0 spiro atoms. The van der Waals surface area contributed by atoms with Gasteiger partial charge in [0.15, 0.2) is 0 Å². The van der Waals surface area contributed by atoms with Crippen molar-refractivity contribution in [1.29, 1.82) is 0 Å². The molecule has 0 radical (unpaired) electrons. The standard InChI is InChI=1S/C13H18O2/c1-4-5-8-15-13-7-6-12(11(3)14)9-10(13)2/h4-7,9,11,14H,8H2,1-3H3/b5-4+/t11-/m0/s1. The molecule has 1 atom stereocenters. The molecule has 0 aromatic heterocycles. The van der Waals surface area contributed by atoms with Crippen LogP contribution in [-0.4, -0.2) is 11.7 Å². The lowest BCUT2D eigenvalue weighted by atomic mass is 10.1. The highest BCUT2D eigenvalue weighted by Gasteiger charge is 2.04. The van der Waals surface area contributed by atoms with Gasteiger partial charge in [0.25, 0.3) is 0 Å². The van der Waals surface area contributed by atoms with Gasteiger partial charge in [-0.05, 0) is 44.0 Å². The van der Waals surface area contributed by atoms with Crippen LogP contribution in [0.1, 0.15) is 31.1 Å². The largest absolute Gasteiger partial charge is 0.489 e. The van der Waals surface area contributed by atoms with Crippen LogP contribution in [-0.2, 0) is 0 Å². The second kappa shape index (κ2) is 5.56. The molecule has 0 amide bonds. The summed E-state index contributed by atoms with van der Waals surface area (Å²) in [7, 11) is 0. The van der Waals surface area contributed by atoms with Gasteiger partial charge in [-0.1, -0.05) is 18.2 Å². The number of hydrogen-bond donors (Lipinski definition) is 1. The third kappa shape index (κ3) is 3.40. The van der Waals surface area contributed by atoms with E-state index in [1.807, 2.05) is 44.2 Å². The molecule has 0 aliphatic heterocycles. The lowest BCUT2D eigenvalue weighted by Crippen LogP contribution is -1.97. The highest BCUT2D eigenvalue weighted by atomic mass is 16.5. The first-order chi connectivity index (χ1) is 7.15. The van der Waals surface area contributed by atoms with Gasteiger partial charge in [-0.3, -0.25) is 0 Å². The van der Waals surface area contributed by atoms with Gasteiger partial charge in [0, 0.05) is 0 Å². The van der Waals surface area contributed by atoms with E-state index in [4.69, 9.17) is 4.74 Å². The average molecular weight is 206 g/mol. The van der Waals surface area contributed by atoms with Crippen molar-refractivity contribution < 1.29 is 9.84 Å². The summed E-state index contributed by atoms with van der Waals surface area (Å²) in [5, 5.41) is 9.40. The van der Waals surface area contributed by atoms with E-state index in [-0.39, 0.29) is 0 Å². The molecule has 15 heavy (non-hydrogen) atoms. The summed E-state index contributed by atoms with van der Waals surface area (Å²) >= 11 is 0. The van der Waals surface area contributed by atoms with E-state index in [1.165, 1.54) is 0 Å².